The maximum Gasteiger partial charge on any atom is 0.319 e. The highest BCUT2D eigenvalue weighted by Crippen LogP contribution is 2.37. The summed E-state index contributed by atoms with van der Waals surface area (Å²) in [4.78, 5) is 19.0. The fourth-order valence-electron chi connectivity index (χ4n) is 4.46. The van der Waals surface area contributed by atoms with E-state index in [1.807, 2.05) is 12.1 Å². The minimum Gasteiger partial charge on any atom is -0.493 e. The molecule has 1 aromatic heterocycles. The lowest BCUT2D eigenvalue weighted by Crippen LogP contribution is -2.33. The van der Waals surface area contributed by atoms with Crippen LogP contribution in [0.3, 0.4) is 0 Å². The van der Waals surface area contributed by atoms with Gasteiger partial charge in [0.25, 0.3) is 0 Å². The molecule has 0 atom stereocenters. The van der Waals surface area contributed by atoms with E-state index in [0.717, 1.165) is 26.1 Å². The molecule has 0 radical (unpaired) electrons. The third-order valence-corrected chi connectivity index (χ3v) is 6.68. The number of amides is 2. The van der Waals surface area contributed by atoms with Crippen LogP contribution in [-0.4, -0.2) is 55.8 Å². The van der Waals surface area contributed by atoms with Crippen LogP contribution in [0.15, 0.2) is 42.6 Å². The highest BCUT2D eigenvalue weighted by atomic mass is 19.1. The number of piperidine rings is 1. The van der Waals surface area contributed by atoms with Gasteiger partial charge in [0.1, 0.15) is 23.9 Å². The Bertz CT molecular complexity index is 1270. The van der Waals surface area contributed by atoms with Crippen molar-refractivity contribution in [3.8, 4) is 23.0 Å². The van der Waals surface area contributed by atoms with Gasteiger partial charge in [0.05, 0.1) is 18.3 Å². The molecule has 39 heavy (non-hydrogen) atoms. The number of aromatic nitrogens is 1. The van der Waals surface area contributed by atoms with E-state index in [1.54, 1.807) is 25.4 Å². The predicted molar refractivity (Wildman–Crippen MR) is 152 cm³/mol. The van der Waals surface area contributed by atoms with E-state index in [2.05, 4.69) is 41.3 Å². The zero-order chi connectivity index (χ0) is 27.8. The number of likely N-dealkylation sites (tertiary alicyclic amines) is 1. The molecule has 2 N–H and O–H groups in total. The number of pyridine rings is 1. The van der Waals surface area contributed by atoms with E-state index >= 15 is 0 Å². The Labute approximate surface area is 229 Å². The fourth-order valence-corrected chi connectivity index (χ4v) is 4.46. The van der Waals surface area contributed by atoms with Gasteiger partial charge in [0.2, 0.25) is 0 Å². The summed E-state index contributed by atoms with van der Waals surface area (Å²) in [5.41, 5.74) is 0.843. The zero-order valence-electron chi connectivity index (χ0n) is 23.3. The molecule has 4 rings (SSSR count). The number of hydrogen-bond donors (Lipinski definition) is 2. The second-order valence-corrected chi connectivity index (χ2v) is 11.0. The number of rotatable bonds is 10. The van der Waals surface area contributed by atoms with E-state index in [0.29, 0.717) is 47.1 Å². The number of fused-ring (bicyclic) bond motifs is 1. The van der Waals surface area contributed by atoms with E-state index in [-0.39, 0.29) is 11.1 Å². The zero-order valence-corrected chi connectivity index (χ0v) is 23.3. The van der Waals surface area contributed by atoms with Gasteiger partial charge in [-0.15, -0.1) is 0 Å². The summed E-state index contributed by atoms with van der Waals surface area (Å²) in [5, 5.41) is 6.01. The third kappa shape index (κ3) is 8.20. The van der Waals surface area contributed by atoms with Gasteiger partial charge in [-0.25, -0.2) is 9.18 Å². The Balaban J connectivity index is 1.42. The number of halogens is 1. The number of nitrogens with one attached hydrogen (secondary N) is 2. The van der Waals surface area contributed by atoms with Crippen LogP contribution in [0.4, 0.5) is 14.9 Å². The molecule has 0 unspecified atom stereocenters. The summed E-state index contributed by atoms with van der Waals surface area (Å²) in [6, 6.07) is 9.25. The summed E-state index contributed by atoms with van der Waals surface area (Å²) in [6.45, 7) is 10.4. The molecule has 0 bridgehead atoms. The number of urea groups is 1. The molecule has 1 aliphatic rings. The van der Waals surface area contributed by atoms with Crippen LogP contribution < -0.4 is 24.8 Å². The number of methoxy groups -OCH3 is 1. The minimum atomic E-state index is -0.598. The quantitative estimate of drug-likeness (QED) is 0.303. The van der Waals surface area contributed by atoms with Crippen molar-refractivity contribution in [1.29, 1.82) is 0 Å². The highest BCUT2D eigenvalue weighted by Gasteiger charge is 2.16. The number of carbonyl (C=O) groups is 1. The number of carbonyl (C=O) groups excluding carboxylic acids is 1. The number of hydrogen-bond acceptors (Lipinski definition) is 6. The standard InChI is InChI=1S/C30H39FN4O4/c1-30(2,3)11-13-33-29(36)34-24-9-8-21(18-23(24)31)39-26-10-12-32-25-20-28(27(37-4)19-22(25)26)38-17-16-35-14-6-5-7-15-35/h8-10,12,18-20H,5-7,11,13-17H2,1-4H3,(H2,33,34,36). The number of anilines is 1. The van der Waals surface area contributed by atoms with Gasteiger partial charge in [0, 0.05) is 36.8 Å². The average molecular weight is 539 g/mol. The third-order valence-electron chi connectivity index (χ3n) is 6.68. The van der Waals surface area contributed by atoms with Crippen molar-refractivity contribution in [3.63, 3.8) is 0 Å². The van der Waals surface area contributed by atoms with Crippen molar-refractivity contribution in [2.75, 3.05) is 45.2 Å². The maximum atomic E-state index is 14.8. The van der Waals surface area contributed by atoms with Crippen molar-refractivity contribution in [2.24, 2.45) is 5.41 Å². The maximum absolute atomic E-state index is 14.8. The first-order chi connectivity index (χ1) is 18.7. The number of benzene rings is 2. The molecule has 2 amide bonds. The van der Waals surface area contributed by atoms with Crippen molar-refractivity contribution < 1.29 is 23.4 Å². The van der Waals surface area contributed by atoms with Crippen LogP contribution in [-0.2, 0) is 0 Å². The SMILES string of the molecule is COc1cc2c(Oc3ccc(NC(=O)NCCC(C)(C)C)c(F)c3)ccnc2cc1OCCN1CCCCC1. The van der Waals surface area contributed by atoms with Gasteiger partial charge in [-0.3, -0.25) is 9.88 Å². The molecular formula is C30H39FN4O4. The average Bonchev–Trinajstić information content (AvgIpc) is 2.90. The minimum absolute atomic E-state index is 0.0724. The van der Waals surface area contributed by atoms with Crippen LogP contribution in [0.1, 0.15) is 46.5 Å². The van der Waals surface area contributed by atoms with Crippen molar-refractivity contribution in [1.82, 2.24) is 15.2 Å². The largest absolute Gasteiger partial charge is 0.493 e. The Hall–Kier alpha value is -3.59. The molecule has 2 heterocycles. The Morgan fingerprint density at radius 2 is 1.85 bits per heavy atom. The van der Waals surface area contributed by atoms with Gasteiger partial charge in [-0.1, -0.05) is 27.2 Å². The molecule has 0 spiro atoms. The van der Waals surface area contributed by atoms with E-state index < -0.39 is 11.8 Å². The molecule has 1 saturated heterocycles. The van der Waals surface area contributed by atoms with Crippen LogP contribution in [0.25, 0.3) is 10.9 Å². The lowest BCUT2D eigenvalue weighted by molar-refractivity contribution is 0.181. The fraction of sp³-hybridized carbons (Fsp3) is 0.467. The summed E-state index contributed by atoms with van der Waals surface area (Å²) in [7, 11) is 1.59. The van der Waals surface area contributed by atoms with E-state index in [4.69, 9.17) is 14.2 Å². The molecule has 2 aromatic carbocycles. The van der Waals surface area contributed by atoms with Crippen LogP contribution >= 0.6 is 0 Å². The molecule has 0 saturated carbocycles. The smallest absolute Gasteiger partial charge is 0.319 e. The first-order valence-electron chi connectivity index (χ1n) is 13.6. The molecule has 210 valence electrons. The molecule has 1 aliphatic heterocycles. The monoisotopic (exact) mass is 538 g/mol. The predicted octanol–water partition coefficient (Wildman–Crippen LogP) is 6.60. The normalized spacial score (nSPS) is 14.2. The second kappa shape index (κ2) is 13.0. The van der Waals surface area contributed by atoms with Crippen molar-refractivity contribution in [2.45, 2.75) is 46.5 Å². The molecule has 0 aliphatic carbocycles. The van der Waals surface area contributed by atoms with E-state index in [9.17, 15) is 9.18 Å². The molecule has 9 heteroatoms. The summed E-state index contributed by atoms with van der Waals surface area (Å²) in [6.07, 6.45) is 6.22. The second-order valence-electron chi connectivity index (χ2n) is 11.0. The lowest BCUT2D eigenvalue weighted by atomic mass is 9.92. The van der Waals surface area contributed by atoms with Crippen molar-refractivity contribution in [3.05, 3.63) is 48.4 Å². The lowest BCUT2D eigenvalue weighted by Gasteiger charge is -2.26. The van der Waals surface area contributed by atoms with Gasteiger partial charge in [0.15, 0.2) is 11.5 Å². The summed E-state index contributed by atoms with van der Waals surface area (Å²) in [5.74, 6) is 1.38. The first kappa shape index (κ1) is 28.4. The summed E-state index contributed by atoms with van der Waals surface area (Å²) >= 11 is 0. The van der Waals surface area contributed by atoms with Crippen LogP contribution in [0.2, 0.25) is 0 Å². The number of ether oxygens (including phenoxy) is 3. The van der Waals surface area contributed by atoms with Gasteiger partial charge >= 0.3 is 6.03 Å². The van der Waals surface area contributed by atoms with Crippen LogP contribution in [0, 0.1) is 11.2 Å². The van der Waals surface area contributed by atoms with Gasteiger partial charge in [-0.05, 0) is 62.0 Å². The van der Waals surface area contributed by atoms with Crippen molar-refractivity contribution >= 4 is 22.6 Å². The molecular weight excluding hydrogens is 499 g/mol. The Morgan fingerprint density at radius 3 is 2.56 bits per heavy atom. The molecule has 8 nitrogen and oxygen atoms in total. The van der Waals surface area contributed by atoms with Gasteiger partial charge < -0.3 is 24.8 Å². The Kier molecular flexibility index (Phi) is 9.45. The van der Waals surface area contributed by atoms with E-state index in [1.165, 1.54) is 31.4 Å². The molecule has 1 fully saturated rings. The van der Waals surface area contributed by atoms with Gasteiger partial charge in [-0.2, -0.15) is 0 Å². The number of nitrogens with zero attached hydrogens (tertiary/aromatic N) is 2. The topological polar surface area (TPSA) is 85.0 Å². The van der Waals surface area contributed by atoms with Crippen LogP contribution in [0.5, 0.6) is 23.0 Å². The summed E-state index contributed by atoms with van der Waals surface area (Å²) < 4.78 is 32.5. The highest BCUT2D eigenvalue weighted by molar-refractivity contribution is 5.90. The Morgan fingerprint density at radius 1 is 1.05 bits per heavy atom. The first-order valence-corrected chi connectivity index (χ1v) is 13.6. The molecule has 3 aromatic rings.